The van der Waals surface area contributed by atoms with E-state index in [0.29, 0.717) is 0 Å². The molecule has 0 radical (unpaired) electrons. The number of rotatable bonds is 3. The summed E-state index contributed by atoms with van der Waals surface area (Å²) >= 11 is 0. The summed E-state index contributed by atoms with van der Waals surface area (Å²) in [7, 11) is -4.25. The number of pyridine rings is 2. The Morgan fingerprint density at radius 3 is 1.41 bits per heavy atom. The molecule has 0 bridgehead atoms. The molecule has 2 aromatic heterocycles. The molecule has 0 saturated carbocycles. The van der Waals surface area contributed by atoms with Gasteiger partial charge in [0.05, 0.1) is 0 Å². The molecule has 88 valence electrons. The van der Waals surface area contributed by atoms with Crippen molar-refractivity contribution in [3.63, 3.8) is 0 Å². The molecule has 0 aromatic carbocycles. The van der Waals surface area contributed by atoms with E-state index in [1.165, 1.54) is 9.13 Å². The fraction of sp³-hybridized carbons (Fsp3) is 0.0909. The standard InChI is InChI=1S/C11H11N2O3S/c14-17(15,16)11(12-7-3-1-4-8-12)13-9-5-2-6-10-13/h1-11H/q+1/p+1. The van der Waals surface area contributed by atoms with Crippen molar-refractivity contribution in [2.75, 3.05) is 0 Å². The molecule has 0 spiro atoms. The summed E-state index contributed by atoms with van der Waals surface area (Å²) in [5.41, 5.74) is -1.19. The van der Waals surface area contributed by atoms with Crippen LogP contribution in [0.3, 0.4) is 0 Å². The summed E-state index contributed by atoms with van der Waals surface area (Å²) in [6, 6.07) is 10.3. The van der Waals surface area contributed by atoms with E-state index < -0.39 is 15.6 Å². The fourth-order valence-corrected chi connectivity index (χ4v) is 2.48. The number of aromatic nitrogens is 2. The van der Waals surface area contributed by atoms with Gasteiger partial charge in [-0.2, -0.15) is 8.42 Å². The van der Waals surface area contributed by atoms with Crippen LogP contribution in [0, 0.1) is 0 Å². The number of hydrogen-bond acceptors (Lipinski definition) is 2. The van der Waals surface area contributed by atoms with Crippen LogP contribution in [0.5, 0.6) is 0 Å². The Morgan fingerprint density at radius 1 is 0.765 bits per heavy atom. The molecule has 5 nitrogen and oxygen atoms in total. The summed E-state index contributed by atoms with van der Waals surface area (Å²) in [4.78, 5) is 0. The Labute approximate surface area is 99.3 Å². The third-order valence-corrected chi connectivity index (χ3v) is 3.27. The van der Waals surface area contributed by atoms with Crippen molar-refractivity contribution in [3.8, 4) is 0 Å². The van der Waals surface area contributed by atoms with Crippen LogP contribution >= 0.6 is 0 Å². The largest absolute Gasteiger partial charge is 0.478 e. The van der Waals surface area contributed by atoms with E-state index in [4.69, 9.17) is 0 Å². The average Bonchev–Trinajstić information content (AvgIpc) is 2.30. The van der Waals surface area contributed by atoms with Crippen LogP contribution in [0.1, 0.15) is 5.50 Å². The highest BCUT2D eigenvalue weighted by Crippen LogP contribution is 2.00. The Kier molecular flexibility index (Phi) is 3.16. The second-order valence-corrected chi connectivity index (χ2v) is 4.94. The summed E-state index contributed by atoms with van der Waals surface area (Å²) in [6.45, 7) is 0. The first-order chi connectivity index (χ1) is 8.09. The zero-order valence-electron chi connectivity index (χ0n) is 8.92. The zero-order chi connectivity index (χ0) is 12.3. The molecular formula is C11H12N2O3S+2. The molecule has 2 aromatic rings. The Morgan fingerprint density at radius 2 is 1.12 bits per heavy atom. The molecule has 0 aliphatic heterocycles. The van der Waals surface area contributed by atoms with Crippen molar-refractivity contribution >= 4 is 10.1 Å². The molecule has 2 heterocycles. The van der Waals surface area contributed by atoms with E-state index in [2.05, 4.69) is 0 Å². The highest BCUT2D eigenvalue weighted by molar-refractivity contribution is 7.85. The van der Waals surface area contributed by atoms with Gasteiger partial charge in [-0.1, -0.05) is 12.1 Å². The zero-order valence-corrected chi connectivity index (χ0v) is 9.73. The summed E-state index contributed by atoms with van der Waals surface area (Å²) < 4.78 is 35.0. The van der Waals surface area contributed by atoms with Crippen molar-refractivity contribution < 1.29 is 22.1 Å². The van der Waals surface area contributed by atoms with Gasteiger partial charge in [-0.05, 0) is 0 Å². The molecule has 0 aliphatic rings. The Hall–Kier alpha value is -1.79. The second kappa shape index (κ2) is 4.60. The van der Waals surface area contributed by atoms with Gasteiger partial charge in [0.1, 0.15) is 0 Å². The van der Waals surface area contributed by atoms with Gasteiger partial charge in [0.15, 0.2) is 24.8 Å². The van der Waals surface area contributed by atoms with Gasteiger partial charge in [-0.3, -0.25) is 4.55 Å². The predicted octanol–water partition coefficient (Wildman–Crippen LogP) is 0.154. The lowest BCUT2D eigenvalue weighted by molar-refractivity contribution is -0.919. The van der Waals surface area contributed by atoms with E-state index in [-0.39, 0.29) is 0 Å². The van der Waals surface area contributed by atoms with Crippen molar-refractivity contribution in [1.82, 2.24) is 0 Å². The minimum Gasteiger partial charge on any atom is -0.275 e. The molecule has 0 aliphatic carbocycles. The van der Waals surface area contributed by atoms with Gasteiger partial charge in [-0.25, -0.2) is 0 Å². The molecule has 0 saturated heterocycles. The quantitative estimate of drug-likeness (QED) is 0.625. The third kappa shape index (κ3) is 2.66. The third-order valence-electron chi connectivity index (χ3n) is 2.25. The van der Waals surface area contributed by atoms with Crippen molar-refractivity contribution in [3.05, 3.63) is 61.2 Å². The van der Waals surface area contributed by atoms with Crippen LogP contribution < -0.4 is 9.13 Å². The SMILES string of the molecule is O=S(=O)(O)C([n+]1ccccc1)[n+]1ccccc1. The highest BCUT2D eigenvalue weighted by atomic mass is 32.2. The minimum atomic E-state index is -4.25. The Balaban J connectivity index is 2.56. The van der Waals surface area contributed by atoms with E-state index >= 15 is 0 Å². The molecule has 0 fully saturated rings. The van der Waals surface area contributed by atoms with Crippen molar-refractivity contribution in [2.45, 2.75) is 5.50 Å². The first-order valence-electron chi connectivity index (χ1n) is 4.97. The van der Waals surface area contributed by atoms with E-state index in [9.17, 15) is 13.0 Å². The molecule has 17 heavy (non-hydrogen) atoms. The monoisotopic (exact) mass is 252 g/mol. The van der Waals surface area contributed by atoms with Gasteiger partial charge < -0.3 is 0 Å². The molecule has 0 unspecified atom stereocenters. The maximum Gasteiger partial charge on any atom is 0.478 e. The molecule has 2 rings (SSSR count). The van der Waals surface area contributed by atoms with Crippen molar-refractivity contribution in [2.24, 2.45) is 0 Å². The van der Waals surface area contributed by atoms with Crippen LogP contribution in [-0.4, -0.2) is 13.0 Å². The van der Waals surface area contributed by atoms with Crippen LogP contribution in [0.4, 0.5) is 0 Å². The van der Waals surface area contributed by atoms with Crippen molar-refractivity contribution in [1.29, 1.82) is 0 Å². The lowest BCUT2D eigenvalue weighted by Crippen LogP contribution is -2.60. The number of nitrogens with zero attached hydrogens (tertiary/aromatic N) is 2. The van der Waals surface area contributed by atoms with Crippen LogP contribution in [0.15, 0.2) is 61.2 Å². The molecular weight excluding hydrogens is 240 g/mol. The Bertz CT molecular complexity index is 545. The number of hydrogen-bond donors (Lipinski definition) is 1. The van der Waals surface area contributed by atoms with Gasteiger partial charge in [-0.15, -0.1) is 9.13 Å². The average molecular weight is 252 g/mol. The summed E-state index contributed by atoms with van der Waals surface area (Å²) in [6.07, 6.45) is 6.33. The van der Waals surface area contributed by atoms with E-state index in [1.807, 2.05) is 0 Å². The maximum atomic E-state index is 11.4. The molecule has 0 amide bonds. The molecule has 0 atom stereocenters. The van der Waals surface area contributed by atoms with Crippen LogP contribution in [0.2, 0.25) is 0 Å². The fourth-order valence-electron chi connectivity index (χ4n) is 1.58. The van der Waals surface area contributed by atoms with Gasteiger partial charge in [0, 0.05) is 24.3 Å². The maximum absolute atomic E-state index is 11.4. The van der Waals surface area contributed by atoms with Crippen LogP contribution in [0.25, 0.3) is 0 Å². The van der Waals surface area contributed by atoms with Gasteiger partial charge >= 0.3 is 15.6 Å². The smallest absolute Gasteiger partial charge is 0.275 e. The predicted molar refractivity (Wildman–Crippen MR) is 59.3 cm³/mol. The normalized spacial score (nSPS) is 11.6. The van der Waals surface area contributed by atoms with Crippen LogP contribution in [-0.2, 0) is 10.1 Å². The lowest BCUT2D eigenvalue weighted by atomic mass is 10.5. The summed E-state index contributed by atoms with van der Waals surface area (Å²) in [5, 5.41) is 0. The first-order valence-corrected chi connectivity index (χ1v) is 6.47. The second-order valence-electron chi connectivity index (χ2n) is 3.49. The topological polar surface area (TPSA) is 62.1 Å². The summed E-state index contributed by atoms with van der Waals surface area (Å²) in [5.74, 6) is 0. The van der Waals surface area contributed by atoms with Gasteiger partial charge in [0.2, 0.25) is 0 Å². The highest BCUT2D eigenvalue weighted by Gasteiger charge is 2.40. The minimum absolute atomic E-state index is 1.19. The lowest BCUT2D eigenvalue weighted by Gasteiger charge is -2.04. The molecule has 6 heteroatoms. The molecule has 1 N–H and O–H groups in total. The van der Waals surface area contributed by atoms with Gasteiger partial charge in [0.25, 0.3) is 0 Å². The first kappa shape index (κ1) is 11.7. The van der Waals surface area contributed by atoms with E-state index in [0.717, 1.165) is 0 Å². The van der Waals surface area contributed by atoms with E-state index in [1.54, 1.807) is 61.2 Å².